The molecule has 6 heteroatoms. The molecule has 0 aliphatic rings. The van der Waals surface area contributed by atoms with Crippen LogP contribution in [0.25, 0.3) is 22.3 Å². The fraction of sp³-hybridized carbons (Fsp3) is 0.167. The van der Waals surface area contributed by atoms with Crippen LogP contribution in [-0.2, 0) is 13.7 Å². The number of anilines is 1. The number of rotatable bonds is 2. The summed E-state index contributed by atoms with van der Waals surface area (Å²) in [5, 5.41) is 14.5. The Morgan fingerprint density at radius 3 is 3.00 bits per heavy atom. The zero-order chi connectivity index (χ0) is 12.7. The van der Waals surface area contributed by atoms with Crippen LogP contribution >= 0.6 is 0 Å². The van der Waals surface area contributed by atoms with Gasteiger partial charge in [-0.3, -0.25) is 4.68 Å². The number of pyridine rings is 1. The molecule has 6 nitrogen and oxygen atoms in total. The first-order valence-electron chi connectivity index (χ1n) is 5.55. The normalized spacial score (nSPS) is 11.2. The molecular formula is C12H13N5O. The van der Waals surface area contributed by atoms with Gasteiger partial charge in [0, 0.05) is 41.6 Å². The lowest BCUT2D eigenvalue weighted by Gasteiger charge is -1.99. The molecule has 3 rings (SSSR count). The topological polar surface area (TPSA) is 92.8 Å². The number of hydrogen-bond donors (Lipinski definition) is 3. The molecule has 4 N–H and O–H groups in total. The average Bonchev–Trinajstić information content (AvgIpc) is 2.92. The first-order chi connectivity index (χ1) is 8.70. The van der Waals surface area contributed by atoms with Crippen molar-refractivity contribution in [2.24, 2.45) is 7.05 Å². The van der Waals surface area contributed by atoms with E-state index in [1.165, 1.54) is 0 Å². The lowest BCUT2D eigenvalue weighted by molar-refractivity contribution is 0.284. The van der Waals surface area contributed by atoms with E-state index in [4.69, 9.17) is 5.73 Å². The summed E-state index contributed by atoms with van der Waals surface area (Å²) in [5.74, 6) is 0. The van der Waals surface area contributed by atoms with Gasteiger partial charge < -0.3 is 15.8 Å². The highest BCUT2D eigenvalue weighted by Gasteiger charge is 2.16. The smallest absolute Gasteiger partial charge is 0.140 e. The second-order valence-corrected chi connectivity index (χ2v) is 4.16. The first kappa shape index (κ1) is 10.8. The van der Waals surface area contributed by atoms with Crippen molar-refractivity contribution in [2.45, 2.75) is 6.61 Å². The number of hydrogen-bond acceptors (Lipinski definition) is 4. The van der Waals surface area contributed by atoms with Crippen LogP contribution in [0.15, 0.2) is 24.7 Å². The van der Waals surface area contributed by atoms with Crippen molar-refractivity contribution in [1.82, 2.24) is 19.7 Å². The highest BCUT2D eigenvalue weighted by atomic mass is 16.3. The lowest BCUT2D eigenvalue weighted by Crippen LogP contribution is -1.90. The van der Waals surface area contributed by atoms with E-state index in [1.54, 1.807) is 23.1 Å². The van der Waals surface area contributed by atoms with Crippen LogP contribution in [0.3, 0.4) is 0 Å². The highest BCUT2D eigenvalue weighted by molar-refractivity contribution is 5.96. The second kappa shape index (κ2) is 3.85. The minimum Gasteiger partial charge on any atom is -0.398 e. The van der Waals surface area contributed by atoms with Crippen LogP contribution in [0, 0.1) is 0 Å². The summed E-state index contributed by atoms with van der Waals surface area (Å²) < 4.78 is 1.71. The van der Waals surface area contributed by atoms with E-state index in [9.17, 15) is 5.11 Å². The van der Waals surface area contributed by atoms with E-state index in [0.717, 1.165) is 22.2 Å². The Kier molecular flexibility index (Phi) is 2.31. The number of aliphatic hydroxyl groups excluding tert-OH is 1. The Hall–Kier alpha value is -2.34. The molecular weight excluding hydrogens is 230 g/mol. The van der Waals surface area contributed by atoms with Crippen molar-refractivity contribution >= 4 is 16.7 Å². The number of aliphatic hydroxyl groups is 1. The molecule has 0 saturated carbocycles. The number of fused-ring (bicyclic) bond motifs is 1. The van der Waals surface area contributed by atoms with Crippen molar-refractivity contribution in [2.75, 3.05) is 5.73 Å². The Bertz CT molecular complexity index is 712. The third kappa shape index (κ3) is 1.46. The Balaban J connectivity index is 2.33. The predicted octanol–water partition coefficient (Wildman–Crippen LogP) is 1.04. The van der Waals surface area contributed by atoms with E-state index < -0.39 is 0 Å². The number of aryl methyl sites for hydroxylation is 1. The Morgan fingerprint density at radius 1 is 1.50 bits per heavy atom. The molecule has 3 heterocycles. The summed E-state index contributed by atoms with van der Waals surface area (Å²) in [4.78, 5) is 7.41. The molecule has 0 saturated heterocycles. The van der Waals surface area contributed by atoms with Crippen LogP contribution in [0.5, 0.6) is 0 Å². The second-order valence-electron chi connectivity index (χ2n) is 4.16. The van der Waals surface area contributed by atoms with E-state index in [0.29, 0.717) is 11.3 Å². The summed E-state index contributed by atoms with van der Waals surface area (Å²) in [5.41, 5.74) is 9.69. The van der Waals surface area contributed by atoms with Gasteiger partial charge in [0.2, 0.25) is 0 Å². The van der Waals surface area contributed by atoms with Gasteiger partial charge in [-0.1, -0.05) is 0 Å². The van der Waals surface area contributed by atoms with Crippen LogP contribution in [0.1, 0.15) is 5.56 Å². The molecule has 0 spiro atoms. The van der Waals surface area contributed by atoms with E-state index in [2.05, 4.69) is 15.1 Å². The van der Waals surface area contributed by atoms with Gasteiger partial charge in [0.15, 0.2) is 0 Å². The van der Waals surface area contributed by atoms with Gasteiger partial charge in [0.1, 0.15) is 5.65 Å². The van der Waals surface area contributed by atoms with Gasteiger partial charge >= 0.3 is 0 Å². The molecule has 0 aliphatic carbocycles. The van der Waals surface area contributed by atoms with Crippen molar-refractivity contribution in [3.05, 3.63) is 30.2 Å². The lowest BCUT2D eigenvalue weighted by atomic mass is 10.1. The number of H-pyrrole nitrogens is 1. The summed E-state index contributed by atoms with van der Waals surface area (Å²) in [7, 11) is 1.84. The number of nitrogens with zero attached hydrogens (tertiary/aromatic N) is 3. The minimum absolute atomic E-state index is 0.0971. The molecule has 3 aromatic heterocycles. The average molecular weight is 243 g/mol. The minimum atomic E-state index is -0.0971. The molecule has 18 heavy (non-hydrogen) atoms. The Morgan fingerprint density at radius 2 is 2.33 bits per heavy atom. The molecule has 3 aromatic rings. The van der Waals surface area contributed by atoms with Crippen molar-refractivity contribution < 1.29 is 5.11 Å². The standard InChI is InChI=1S/C12H13N5O/c1-17-5-7(4-15-17)11-8(6-18)10-9(13)2-3-14-12(10)16-11/h2-5,18H,6H2,1H3,(H3,13,14,16). The number of nitrogens with one attached hydrogen (secondary N) is 1. The molecule has 0 radical (unpaired) electrons. The molecule has 92 valence electrons. The number of nitrogen functional groups attached to an aromatic ring is 1. The fourth-order valence-electron chi connectivity index (χ4n) is 2.16. The monoisotopic (exact) mass is 243 g/mol. The summed E-state index contributed by atoms with van der Waals surface area (Å²) >= 11 is 0. The van der Waals surface area contributed by atoms with Gasteiger partial charge in [-0.05, 0) is 6.07 Å². The van der Waals surface area contributed by atoms with Gasteiger partial charge in [-0.15, -0.1) is 0 Å². The highest BCUT2D eigenvalue weighted by Crippen LogP contribution is 2.32. The molecule has 0 aromatic carbocycles. The Labute approximate surface area is 103 Å². The maximum Gasteiger partial charge on any atom is 0.140 e. The van der Waals surface area contributed by atoms with Crippen LogP contribution in [0.2, 0.25) is 0 Å². The van der Waals surface area contributed by atoms with Gasteiger partial charge in [0.05, 0.1) is 18.5 Å². The maximum absolute atomic E-state index is 9.57. The SMILES string of the molecule is Cn1cc(-c2[nH]c3nccc(N)c3c2CO)cn1. The summed E-state index contributed by atoms with van der Waals surface area (Å²) in [6.07, 6.45) is 5.25. The molecule has 0 unspecified atom stereocenters. The largest absolute Gasteiger partial charge is 0.398 e. The first-order valence-corrected chi connectivity index (χ1v) is 5.55. The van der Waals surface area contributed by atoms with Crippen molar-refractivity contribution in [3.63, 3.8) is 0 Å². The molecule has 0 aliphatic heterocycles. The molecule has 0 fully saturated rings. The quantitative estimate of drug-likeness (QED) is 0.627. The molecule has 0 amide bonds. The predicted molar refractivity (Wildman–Crippen MR) is 68.6 cm³/mol. The fourth-order valence-corrected chi connectivity index (χ4v) is 2.16. The zero-order valence-corrected chi connectivity index (χ0v) is 9.88. The van der Waals surface area contributed by atoms with Crippen molar-refractivity contribution in [1.29, 1.82) is 0 Å². The number of aromatic amines is 1. The maximum atomic E-state index is 9.57. The van der Waals surface area contributed by atoms with E-state index in [1.807, 2.05) is 13.2 Å². The zero-order valence-electron chi connectivity index (χ0n) is 9.88. The van der Waals surface area contributed by atoms with Gasteiger partial charge in [-0.25, -0.2) is 4.98 Å². The van der Waals surface area contributed by atoms with Crippen LogP contribution in [0.4, 0.5) is 5.69 Å². The van der Waals surface area contributed by atoms with Crippen LogP contribution < -0.4 is 5.73 Å². The number of nitrogens with two attached hydrogens (primary N) is 1. The number of aromatic nitrogens is 4. The third-order valence-corrected chi connectivity index (χ3v) is 2.98. The van der Waals surface area contributed by atoms with Crippen LogP contribution in [-0.4, -0.2) is 24.9 Å². The summed E-state index contributed by atoms with van der Waals surface area (Å²) in [6, 6.07) is 1.72. The third-order valence-electron chi connectivity index (χ3n) is 2.98. The van der Waals surface area contributed by atoms with Gasteiger partial charge in [-0.2, -0.15) is 5.10 Å². The molecule has 0 bridgehead atoms. The van der Waals surface area contributed by atoms with E-state index in [-0.39, 0.29) is 6.61 Å². The van der Waals surface area contributed by atoms with Gasteiger partial charge in [0.25, 0.3) is 0 Å². The van der Waals surface area contributed by atoms with Crippen molar-refractivity contribution in [3.8, 4) is 11.3 Å². The molecule has 0 atom stereocenters. The van der Waals surface area contributed by atoms with E-state index >= 15 is 0 Å². The summed E-state index contributed by atoms with van der Waals surface area (Å²) in [6.45, 7) is -0.0971.